The molecule has 3 aromatic heterocycles. The number of aromatic nitrogens is 2. The highest BCUT2D eigenvalue weighted by Crippen LogP contribution is 2.56. The highest BCUT2D eigenvalue weighted by atomic mass is 79.9. The highest BCUT2D eigenvalue weighted by Gasteiger charge is 2.27. The number of halogens is 1. The number of imidazole rings is 1. The van der Waals surface area contributed by atoms with Crippen LogP contribution in [0.2, 0.25) is 0 Å². The van der Waals surface area contributed by atoms with Crippen molar-refractivity contribution in [2.75, 3.05) is 0 Å². The predicted octanol–water partition coefficient (Wildman–Crippen LogP) is 23.5. The van der Waals surface area contributed by atoms with Gasteiger partial charge in [0.2, 0.25) is 0 Å². The van der Waals surface area contributed by atoms with Crippen LogP contribution in [0.25, 0.3) is 147 Å². The Morgan fingerprint density at radius 3 is 1.10 bits per heavy atom. The topological polar surface area (TPSA) is 17.8 Å². The molecule has 0 amide bonds. The molecule has 16 rings (SSSR count). The van der Waals surface area contributed by atoms with Gasteiger partial charge in [-0.25, -0.2) is 4.98 Å². The van der Waals surface area contributed by atoms with E-state index in [-0.39, 0.29) is 0 Å². The molecule has 0 bridgehead atoms. The molecule has 0 saturated heterocycles. The summed E-state index contributed by atoms with van der Waals surface area (Å²) < 4.78 is 6.06. The van der Waals surface area contributed by atoms with Crippen molar-refractivity contribution in [2.24, 2.45) is 0 Å². The van der Waals surface area contributed by atoms with Gasteiger partial charge in [-0.1, -0.05) is 285 Å². The monoisotopic (exact) mass is 1170 g/mol. The second-order valence-electron chi connectivity index (χ2n) is 20.9. The summed E-state index contributed by atoms with van der Waals surface area (Å²) in [5.41, 5.74) is 20.5. The number of benzene rings is 13. The van der Waals surface area contributed by atoms with Crippen LogP contribution in [0, 0.1) is 0 Å². The van der Waals surface area contributed by atoms with E-state index < -0.39 is 0 Å². The lowest BCUT2D eigenvalue weighted by molar-refractivity contribution is 1.10. The molecule has 2 nitrogen and oxygen atoms in total. The van der Waals surface area contributed by atoms with Crippen LogP contribution in [0.3, 0.4) is 0 Å². The van der Waals surface area contributed by atoms with E-state index in [9.17, 15) is 0 Å². The van der Waals surface area contributed by atoms with Crippen molar-refractivity contribution in [1.82, 2.24) is 9.55 Å². The van der Waals surface area contributed by atoms with Crippen LogP contribution in [0.4, 0.5) is 0 Å². The fourth-order valence-corrected chi connectivity index (χ4v) is 15.8. The number of thiophene rings is 2. The zero-order valence-corrected chi connectivity index (χ0v) is 48.8. The van der Waals surface area contributed by atoms with E-state index in [0.29, 0.717) is 0 Å². The van der Waals surface area contributed by atoms with E-state index in [1.54, 1.807) is 0 Å². The van der Waals surface area contributed by atoms with Crippen molar-refractivity contribution in [1.29, 1.82) is 0 Å². The molecule has 0 aliphatic rings. The fourth-order valence-electron chi connectivity index (χ4n) is 12.4. The quantitative estimate of drug-likeness (QED) is 0.141. The van der Waals surface area contributed by atoms with Crippen LogP contribution >= 0.6 is 38.6 Å². The van der Waals surface area contributed by atoms with Crippen LogP contribution < -0.4 is 0 Å². The molecule has 0 atom stereocenters. The van der Waals surface area contributed by atoms with Crippen molar-refractivity contribution in [3.8, 4) is 94.3 Å². The number of rotatable bonds is 9. The predicted molar refractivity (Wildman–Crippen MR) is 364 cm³/mol. The first-order chi connectivity index (χ1) is 41.7. The smallest absolute Gasteiger partial charge is 0.145 e. The summed E-state index contributed by atoms with van der Waals surface area (Å²) >= 11 is 7.68. The number of hydrogen-bond donors (Lipinski definition) is 0. The number of para-hydroxylation sites is 3. The van der Waals surface area contributed by atoms with Gasteiger partial charge in [-0.15, -0.1) is 22.7 Å². The first kappa shape index (κ1) is 51.2. The van der Waals surface area contributed by atoms with Gasteiger partial charge < -0.3 is 0 Å². The molecule has 13 aromatic carbocycles. The van der Waals surface area contributed by atoms with E-state index in [2.05, 4.69) is 330 Å². The average Bonchev–Trinajstić information content (AvgIpc) is 1.66. The molecular weight excluding hydrogens is 1120 g/mol. The Hall–Kier alpha value is -9.75. The van der Waals surface area contributed by atoms with Crippen molar-refractivity contribution in [2.45, 2.75) is 0 Å². The van der Waals surface area contributed by atoms with Crippen LogP contribution in [-0.2, 0) is 0 Å². The van der Waals surface area contributed by atoms with E-state index in [4.69, 9.17) is 4.98 Å². The zero-order chi connectivity index (χ0) is 55.9. The molecule has 3 heterocycles. The van der Waals surface area contributed by atoms with Crippen LogP contribution in [0.5, 0.6) is 0 Å². The van der Waals surface area contributed by atoms with Gasteiger partial charge in [0, 0.05) is 58.6 Å². The Bertz CT molecular complexity index is 5020. The van der Waals surface area contributed by atoms with Crippen LogP contribution in [0.15, 0.2) is 313 Å². The first-order valence-corrected chi connectivity index (χ1v) is 30.7. The Morgan fingerprint density at radius 1 is 0.274 bits per heavy atom. The van der Waals surface area contributed by atoms with E-state index in [0.717, 1.165) is 28.1 Å². The molecule has 0 N–H and O–H groups in total. The van der Waals surface area contributed by atoms with Gasteiger partial charge >= 0.3 is 0 Å². The first-order valence-electron chi connectivity index (χ1n) is 28.3. The molecule has 0 radical (unpaired) electrons. The lowest BCUT2D eigenvalue weighted by Crippen LogP contribution is -1.97. The molecule has 0 aliphatic heterocycles. The Balaban J connectivity index is 0.000000160. The lowest BCUT2D eigenvalue weighted by Gasteiger charge is -2.17. The summed E-state index contributed by atoms with van der Waals surface area (Å²) in [5, 5.41) is 7.73. The minimum absolute atomic E-state index is 0.934. The third-order valence-corrected chi connectivity index (χ3v) is 19.1. The molecular formula is C79H51BrN2S2. The maximum absolute atomic E-state index is 5.15. The molecule has 0 fully saturated rings. The minimum atomic E-state index is 0.934. The maximum atomic E-state index is 5.15. The lowest BCUT2D eigenvalue weighted by atomic mass is 9.86. The second kappa shape index (κ2) is 22.2. The normalized spacial score (nSPS) is 11.4. The summed E-state index contributed by atoms with van der Waals surface area (Å²) in [5.74, 6) is 0.934. The summed E-state index contributed by atoms with van der Waals surface area (Å²) in [4.78, 5) is 6.41. The standard InChI is InChI=1S/C49H32N2S.C30H19BrS/c1-5-17-33(18-6-1)43-39-25-13-14-26-40(39)46-45(35-21-9-3-10-22-35)47(52-48(46)44(43)34-19-7-2-8-20-34)36-29-31-37(32-30-36)49-50-41-27-15-16-28-42(41)51(49)38-23-11-4-12-24-38;31-30-27(22-16-8-3-9-17-22)28-24-19-11-10-18-23(24)25(20-12-4-1-5-13-20)26(29(28)32-30)21-14-6-2-7-15-21/h1-32H;1-19H. The highest BCUT2D eigenvalue weighted by molar-refractivity contribution is 9.11. The number of nitrogens with zero attached hydrogens (tertiary/aromatic N) is 2. The zero-order valence-electron chi connectivity index (χ0n) is 45.5. The van der Waals surface area contributed by atoms with Crippen LogP contribution in [0.1, 0.15) is 0 Å². The molecule has 16 aromatic rings. The summed E-state index contributed by atoms with van der Waals surface area (Å²) in [7, 11) is 0. The largest absolute Gasteiger partial charge is 0.292 e. The van der Waals surface area contributed by atoms with E-state index in [1.165, 1.54) is 123 Å². The van der Waals surface area contributed by atoms with Crippen molar-refractivity contribution in [3.05, 3.63) is 313 Å². The van der Waals surface area contributed by atoms with E-state index in [1.807, 2.05) is 22.7 Å². The molecule has 0 aliphatic carbocycles. The molecule has 84 heavy (non-hydrogen) atoms. The van der Waals surface area contributed by atoms with Gasteiger partial charge in [0.05, 0.1) is 14.8 Å². The summed E-state index contributed by atoms with van der Waals surface area (Å²) in [6.07, 6.45) is 0. The van der Waals surface area contributed by atoms with Crippen molar-refractivity contribution >= 4 is 91.4 Å². The minimum Gasteiger partial charge on any atom is -0.292 e. The third-order valence-electron chi connectivity index (χ3n) is 16.0. The van der Waals surface area contributed by atoms with E-state index >= 15 is 0 Å². The average molecular weight is 1170 g/mol. The molecule has 5 heteroatoms. The van der Waals surface area contributed by atoms with Gasteiger partial charge in [-0.05, 0) is 112 Å². The Labute approximate surface area is 504 Å². The molecule has 0 saturated carbocycles. The Morgan fingerprint density at radius 2 is 0.619 bits per heavy atom. The van der Waals surface area contributed by atoms with Gasteiger partial charge in [-0.3, -0.25) is 4.57 Å². The summed E-state index contributed by atoms with van der Waals surface area (Å²) in [6, 6.07) is 111. The van der Waals surface area contributed by atoms with Crippen molar-refractivity contribution in [3.63, 3.8) is 0 Å². The van der Waals surface area contributed by atoms with Gasteiger partial charge in [-0.2, -0.15) is 0 Å². The molecule has 0 unspecified atom stereocenters. The van der Waals surface area contributed by atoms with Gasteiger partial charge in [0.1, 0.15) is 5.82 Å². The SMILES string of the molecule is Brc1sc2c(-c3ccccc3)c(-c3ccccc3)c3ccccc3c2c1-c1ccccc1.c1ccc(-c2c(-c3ccccc3)c3sc(-c4ccc(-c5nc6ccccc6n5-c5ccccc5)cc4)c(-c4ccccc4)c3c3ccccc23)cc1. The van der Waals surface area contributed by atoms with Gasteiger partial charge in [0.25, 0.3) is 0 Å². The van der Waals surface area contributed by atoms with Crippen LogP contribution in [-0.4, -0.2) is 9.55 Å². The summed E-state index contributed by atoms with van der Waals surface area (Å²) in [6.45, 7) is 0. The van der Waals surface area contributed by atoms with Crippen molar-refractivity contribution < 1.29 is 0 Å². The Kier molecular flexibility index (Phi) is 13.5. The molecule has 396 valence electrons. The second-order valence-corrected chi connectivity index (χ2v) is 24.3. The molecule has 0 spiro atoms. The number of fused-ring (bicyclic) bond motifs is 7. The third kappa shape index (κ3) is 9.06. The number of hydrogen-bond acceptors (Lipinski definition) is 3. The fraction of sp³-hybridized carbons (Fsp3) is 0. The van der Waals surface area contributed by atoms with Gasteiger partial charge in [0.15, 0.2) is 0 Å². The maximum Gasteiger partial charge on any atom is 0.145 e.